The molecule has 0 aliphatic heterocycles. The van der Waals surface area contributed by atoms with Gasteiger partial charge in [-0.25, -0.2) is 0 Å². The molecule has 3 saturated carbocycles. The molecule has 0 radical (unpaired) electrons. The number of rotatable bonds is 4. The Morgan fingerprint density at radius 1 is 1.33 bits per heavy atom. The van der Waals surface area contributed by atoms with Crippen LogP contribution in [0.3, 0.4) is 0 Å². The normalized spacial score (nSPS) is 49.7. The van der Waals surface area contributed by atoms with Crippen molar-refractivity contribution in [2.45, 2.75) is 72.0 Å². The van der Waals surface area contributed by atoms with E-state index < -0.39 is 16.9 Å². The van der Waals surface area contributed by atoms with E-state index in [-0.39, 0.29) is 30.1 Å². The van der Waals surface area contributed by atoms with Gasteiger partial charge < -0.3 is 14.6 Å². The predicted molar refractivity (Wildman–Crippen MR) is 105 cm³/mol. The Morgan fingerprint density at radius 2 is 2.04 bits per heavy atom. The Bertz CT molecular complexity index is 638. The van der Waals surface area contributed by atoms with Gasteiger partial charge in [0.1, 0.15) is 12.6 Å². The summed E-state index contributed by atoms with van der Waals surface area (Å²) in [5, 5.41) is 11.5. The van der Waals surface area contributed by atoms with Crippen LogP contribution in [-0.2, 0) is 14.3 Å². The van der Waals surface area contributed by atoms with Crippen LogP contribution in [0.15, 0.2) is 18.4 Å². The minimum atomic E-state index is -0.574. The standard InChI is InChI=1S/C23H36O4/c1-7-10-21(4)13-18(25)22(5)15(2)8-11-23(12-9-17(24)19(22)23)16(3)20(21)27-14-26-6/h10,15-16,18-20,25H,1,8-9,11-14H2,2-6H3/t15-,16+,18-,19?,20+,21-,22+,23?/m1/s1. The fraction of sp³-hybridized carbons (Fsp3) is 0.826. The molecule has 0 saturated heterocycles. The van der Waals surface area contributed by atoms with Gasteiger partial charge in [0.05, 0.1) is 12.2 Å². The molecule has 8 atom stereocenters. The van der Waals surface area contributed by atoms with Crippen LogP contribution in [0.25, 0.3) is 0 Å². The van der Waals surface area contributed by atoms with E-state index >= 15 is 0 Å². The van der Waals surface area contributed by atoms with Gasteiger partial charge in [0.25, 0.3) is 0 Å². The molecule has 0 heterocycles. The predicted octanol–water partition coefficient (Wildman–Crippen LogP) is 4.13. The van der Waals surface area contributed by atoms with E-state index in [4.69, 9.17) is 9.47 Å². The van der Waals surface area contributed by atoms with Gasteiger partial charge in [-0.3, -0.25) is 4.79 Å². The van der Waals surface area contributed by atoms with E-state index in [0.29, 0.717) is 24.5 Å². The quantitative estimate of drug-likeness (QED) is 0.592. The van der Waals surface area contributed by atoms with Crippen molar-refractivity contribution in [3.63, 3.8) is 0 Å². The monoisotopic (exact) mass is 376 g/mol. The molecule has 152 valence electrons. The number of aliphatic hydroxyl groups is 1. The summed E-state index contributed by atoms with van der Waals surface area (Å²) >= 11 is 0. The van der Waals surface area contributed by atoms with Crippen LogP contribution in [0.4, 0.5) is 0 Å². The third kappa shape index (κ3) is 2.88. The second-order valence-corrected chi connectivity index (χ2v) is 9.79. The highest BCUT2D eigenvalue weighted by Crippen LogP contribution is 2.67. The molecule has 3 fully saturated rings. The number of carbonyl (C=O) groups is 1. The molecular formula is C23H36O4. The summed E-state index contributed by atoms with van der Waals surface area (Å²) in [5.41, 5.74) is 2.02. The molecule has 4 heteroatoms. The molecule has 0 aromatic heterocycles. The summed E-state index contributed by atoms with van der Waals surface area (Å²) in [7, 11) is 1.63. The van der Waals surface area contributed by atoms with Gasteiger partial charge in [-0.05, 0) is 49.0 Å². The van der Waals surface area contributed by atoms with Gasteiger partial charge in [-0.1, -0.05) is 34.3 Å². The summed E-state index contributed by atoms with van der Waals surface area (Å²) in [4.78, 5) is 13.1. The second-order valence-electron chi connectivity index (χ2n) is 9.79. The molecule has 2 bridgehead atoms. The summed E-state index contributed by atoms with van der Waals surface area (Å²) < 4.78 is 11.5. The topological polar surface area (TPSA) is 55.8 Å². The lowest BCUT2D eigenvalue weighted by Gasteiger charge is -2.61. The lowest BCUT2D eigenvalue weighted by Crippen LogP contribution is -2.62. The maximum Gasteiger partial charge on any atom is 0.146 e. The van der Waals surface area contributed by atoms with Crippen molar-refractivity contribution in [3.05, 3.63) is 18.4 Å². The first kappa shape index (κ1) is 20.8. The Kier molecular flexibility index (Phi) is 5.51. The molecule has 3 rings (SSSR count). The average Bonchev–Trinajstić information content (AvgIpc) is 2.96. The minimum Gasteiger partial charge on any atom is -0.392 e. The molecule has 0 amide bonds. The van der Waals surface area contributed by atoms with Gasteiger partial charge >= 0.3 is 0 Å². The highest BCUT2D eigenvalue weighted by atomic mass is 16.7. The third-order valence-corrected chi connectivity index (χ3v) is 8.62. The van der Waals surface area contributed by atoms with E-state index in [0.717, 1.165) is 19.3 Å². The summed E-state index contributed by atoms with van der Waals surface area (Å²) in [6.45, 7) is 12.7. The number of methoxy groups -OCH3 is 1. The smallest absolute Gasteiger partial charge is 0.146 e. The van der Waals surface area contributed by atoms with Crippen LogP contribution >= 0.6 is 0 Å². The van der Waals surface area contributed by atoms with Crippen molar-refractivity contribution >= 4 is 5.78 Å². The number of ketones is 1. The first-order valence-electron chi connectivity index (χ1n) is 10.4. The van der Waals surface area contributed by atoms with Crippen LogP contribution in [0.2, 0.25) is 0 Å². The maximum atomic E-state index is 13.1. The van der Waals surface area contributed by atoms with Gasteiger partial charge in [0, 0.05) is 30.3 Å². The summed E-state index contributed by atoms with van der Waals surface area (Å²) in [6, 6.07) is 0. The zero-order valence-corrected chi connectivity index (χ0v) is 17.6. The van der Waals surface area contributed by atoms with Crippen LogP contribution in [0, 0.1) is 34.0 Å². The largest absolute Gasteiger partial charge is 0.392 e. The highest BCUT2D eigenvalue weighted by Gasteiger charge is 2.67. The second kappa shape index (κ2) is 7.15. The molecule has 0 aromatic rings. The number of ether oxygens (including phenoxy) is 2. The van der Waals surface area contributed by atoms with Crippen LogP contribution in [0.5, 0.6) is 0 Å². The van der Waals surface area contributed by atoms with Crippen LogP contribution < -0.4 is 0 Å². The average molecular weight is 377 g/mol. The summed E-state index contributed by atoms with van der Waals surface area (Å²) in [6.07, 6.45) is 5.35. The Labute approximate surface area is 164 Å². The molecule has 3 aliphatic carbocycles. The Morgan fingerprint density at radius 3 is 2.67 bits per heavy atom. The number of hydrogen-bond acceptors (Lipinski definition) is 4. The van der Waals surface area contributed by atoms with E-state index in [1.54, 1.807) is 7.11 Å². The number of carbonyl (C=O) groups excluding carboxylic acids is 1. The number of Topliss-reactive ketones (excluding diaryl/α,β-unsaturated/α-hetero) is 1. The number of aliphatic hydroxyl groups excluding tert-OH is 1. The zero-order valence-electron chi connectivity index (χ0n) is 17.6. The maximum absolute atomic E-state index is 13.1. The Balaban J connectivity index is 2.19. The Hall–Kier alpha value is -0.930. The first-order chi connectivity index (χ1) is 12.7. The molecule has 3 aliphatic rings. The van der Waals surface area contributed by atoms with Crippen LogP contribution in [-0.4, -0.2) is 37.0 Å². The highest BCUT2D eigenvalue weighted by molar-refractivity contribution is 5.85. The first-order valence-corrected chi connectivity index (χ1v) is 10.4. The van der Waals surface area contributed by atoms with E-state index in [1.165, 1.54) is 0 Å². The van der Waals surface area contributed by atoms with E-state index in [1.807, 2.05) is 6.08 Å². The van der Waals surface area contributed by atoms with Gasteiger partial charge in [0.15, 0.2) is 0 Å². The molecule has 0 aromatic carbocycles. The minimum absolute atomic E-state index is 0.0929. The molecular weight excluding hydrogens is 340 g/mol. The summed E-state index contributed by atoms with van der Waals surface area (Å²) in [5.74, 6) is 0.735. The van der Waals surface area contributed by atoms with Crippen molar-refractivity contribution in [2.75, 3.05) is 13.9 Å². The molecule has 1 N–H and O–H groups in total. The van der Waals surface area contributed by atoms with Crippen molar-refractivity contribution in [1.82, 2.24) is 0 Å². The molecule has 27 heavy (non-hydrogen) atoms. The van der Waals surface area contributed by atoms with Crippen molar-refractivity contribution in [3.8, 4) is 0 Å². The van der Waals surface area contributed by atoms with Crippen molar-refractivity contribution in [2.24, 2.45) is 34.0 Å². The van der Waals surface area contributed by atoms with Crippen molar-refractivity contribution in [1.29, 1.82) is 0 Å². The third-order valence-electron chi connectivity index (χ3n) is 8.62. The lowest BCUT2D eigenvalue weighted by molar-refractivity contribution is -0.214. The van der Waals surface area contributed by atoms with Crippen molar-refractivity contribution < 1.29 is 19.4 Å². The molecule has 4 nitrogen and oxygen atoms in total. The lowest BCUT2D eigenvalue weighted by atomic mass is 9.44. The van der Waals surface area contributed by atoms with E-state index in [2.05, 4.69) is 40.0 Å². The molecule has 0 spiro atoms. The van der Waals surface area contributed by atoms with Gasteiger partial charge in [0.2, 0.25) is 0 Å². The fourth-order valence-corrected chi connectivity index (χ4v) is 7.00. The van der Waals surface area contributed by atoms with Gasteiger partial charge in [-0.15, -0.1) is 5.73 Å². The van der Waals surface area contributed by atoms with Gasteiger partial charge in [-0.2, -0.15) is 0 Å². The number of hydrogen-bond donors (Lipinski definition) is 1. The van der Waals surface area contributed by atoms with Crippen LogP contribution in [0.1, 0.15) is 59.8 Å². The van der Waals surface area contributed by atoms with E-state index in [9.17, 15) is 9.90 Å². The SMILES string of the molecule is C=C=C[C@]1(C)C[C@@H](O)[C@@]2(C)C3C(=O)CCC3(CC[C@H]2C)[C@@H](C)[C@@H]1OCOC. The molecule has 2 unspecified atom stereocenters. The fourth-order valence-electron chi connectivity index (χ4n) is 7.00. The zero-order chi connectivity index (χ0) is 20.0.